The van der Waals surface area contributed by atoms with Crippen molar-refractivity contribution in [3.8, 4) is 0 Å². The number of nitrogens with one attached hydrogen (secondary N) is 2. The standard InChI is InChI=1S/C16H21N5O3S/c1-4-21(10-11-5-7-12(25-3)8-6-11)16(23)18-9-13-19-14(20-24-13)15(22)17-2/h5-8H,4,9-10H2,1-3H3,(H,17,22)(H,18,23). The molecule has 0 saturated carbocycles. The Labute approximate surface area is 150 Å². The van der Waals surface area contributed by atoms with E-state index in [2.05, 4.69) is 20.8 Å². The Morgan fingerprint density at radius 3 is 2.60 bits per heavy atom. The highest BCUT2D eigenvalue weighted by atomic mass is 32.2. The first-order valence-electron chi connectivity index (χ1n) is 7.77. The average Bonchev–Trinajstić information content (AvgIpc) is 3.13. The fourth-order valence-corrected chi connectivity index (χ4v) is 2.48. The van der Waals surface area contributed by atoms with Crippen molar-refractivity contribution in [1.82, 2.24) is 25.7 Å². The van der Waals surface area contributed by atoms with Crippen LogP contribution in [0.4, 0.5) is 4.79 Å². The van der Waals surface area contributed by atoms with Crippen LogP contribution in [0, 0.1) is 0 Å². The van der Waals surface area contributed by atoms with Gasteiger partial charge in [-0.2, -0.15) is 4.98 Å². The van der Waals surface area contributed by atoms with Crippen molar-refractivity contribution >= 4 is 23.7 Å². The van der Waals surface area contributed by atoms with E-state index in [1.807, 2.05) is 37.4 Å². The van der Waals surface area contributed by atoms with E-state index in [9.17, 15) is 9.59 Å². The molecule has 2 aromatic rings. The van der Waals surface area contributed by atoms with Crippen molar-refractivity contribution in [3.05, 3.63) is 41.5 Å². The van der Waals surface area contributed by atoms with E-state index in [0.29, 0.717) is 13.1 Å². The van der Waals surface area contributed by atoms with Gasteiger partial charge in [0.2, 0.25) is 5.89 Å². The number of urea groups is 1. The van der Waals surface area contributed by atoms with Crippen molar-refractivity contribution in [2.24, 2.45) is 0 Å². The lowest BCUT2D eigenvalue weighted by atomic mass is 10.2. The number of nitrogens with zero attached hydrogens (tertiary/aromatic N) is 3. The van der Waals surface area contributed by atoms with Gasteiger partial charge >= 0.3 is 6.03 Å². The molecule has 0 aliphatic rings. The maximum Gasteiger partial charge on any atom is 0.318 e. The third kappa shape index (κ3) is 5.21. The molecule has 0 aliphatic carbocycles. The van der Waals surface area contributed by atoms with Crippen LogP contribution in [0.15, 0.2) is 33.7 Å². The molecule has 1 heterocycles. The van der Waals surface area contributed by atoms with Crippen LogP contribution < -0.4 is 10.6 Å². The quantitative estimate of drug-likeness (QED) is 0.729. The number of aromatic nitrogens is 2. The highest BCUT2D eigenvalue weighted by Crippen LogP contribution is 2.15. The van der Waals surface area contributed by atoms with E-state index < -0.39 is 5.91 Å². The second kappa shape index (κ2) is 9.07. The summed E-state index contributed by atoms with van der Waals surface area (Å²) in [5.74, 6) is -0.328. The third-order valence-electron chi connectivity index (χ3n) is 3.49. The Bertz CT molecular complexity index is 717. The van der Waals surface area contributed by atoms with Crippen LogP contribution in [0.5, 0.6) is 0 Å². The molecule has 0 radical (unpaired) electrons. The van der Waals surface area contributed by atoms with Crippen molar-refractivity contribution in [3.63, 3.8) is 0 Å². The summed E-state index contributed by atoms with van der Waals surface area (Å²) >= 11 is 1.68. The van der Waals surface area contributed by atoms with Gasteiger partial charge in [-0.3, -0.25) is 4.79 Å². The van der Waals surface area contributed by atoms with Gasteiger partial charge in [0.25, 0.3) is 11.7 Å². The number of rotatable bonds is 7. The monoisotopic (exact) mass is 363 g/mol. The summed E-state index contributed by atoms with van der Waals surface area (Å²) in [7, 11) is 1.48. The van der Waals surface area contributed by atoms with E-state index >= 15 is 0 Å². The number of hydrogen-bond acceptors (Lipinski definition) is 6. The van der Waals surface area contributed by atoms with Gasteiger partial charge in [0.1, 0.15) is 0 Å². The molecule has 0 fully saturated rings. The molecule has 8 nitrogen and oxygen atoms in total. The SMILES string of the molecule is CCN(Cc1ccc(SC)cc1)C(=O)NCc1nc(C(=O)NC)no1. The number of amides is 3. The lowest BCUT2D eigenvalue weighted by Gasteiger charge is -2.21. The molecule has 0 aliphatic heterocycles. The van der Waals surface area contributed by atoms with Gasteiger partial charge in [-0.15, -0.1) is 11.8 Å². The summed E-state index contributed by atoms with van der Waals surface area (Å²) in [6, 6.07) is 7.84. The normalized spacial score (nSPS) is 10.4. The first-order valence-corrected chi connectivity index (χ1v) is 9.00. The minimum atomic E-state index is -0.440. The van der Waals surface area contributed by atoms with E-state index in [4.69, 9.17) is 4.52 Å². The minimum absolute atomic E-state index is 0.0603. The van der Waals surface area contributed by atoms with E-state index in [1.54, 1.807) is 16.7 Å². The summed E-state index contributed by atoms with van der Waals surface area (Å²) in [5.41, 5.74) is 1.05. The largest absolute Gasteiger partial charge is 0.352 e. The van der Waals surface area contributed by atoms with Crippen molar-refractivity contribution in [2.45, 2.75) is 24.9 Å². The topological polar surface area (TPSA) is 100 Å². The molecule has 0 bridgehead atoms. The Morgan fingerprint density at radius 2 is 2.00 bits per heavy atom. The zero-order valence-corrected chi connectivity index (χ0v) is 15.2. The third-order valence-corrected chi connectivity index (χ3v) is 4.23. The van der Waals surface area contributed by atoms with E-state index in [-0.39, 0.29) is 24.3 Å². The first-order chi connectivity index (χ1) is 12.1. The Balaban J connectivity index is 1.90. The lowest BCUT2D eigenvalue weighted by molar-refractivity contribution is 0.0950. The molecule has 25 heavy (non-hydrogen) atoms. The molecule has 0 saturated heterocycles. The van der Waals surface area contributed by atoms with Crippen LogP contribution in [0.1, 0.15) is 29.0 Å². The number of benzene rings is 1. The van der Waals surface area contributed by atoms with Crippen LogP contribution in [-0.2, 0) is 13.1 Å². The molecular formula is C16H21N5O3S. The van der Waals surface area contributed by atoms with Crippen LogP contribution in [-0.4, -0.2) is 46.8 Å². The highest BCUT2D eigenvalue weighted by Gasteiger charge is 2.16. The smallest absolute Gasteiger partial charge is 0.318 e. The zero-order chi connectivity index (χ0) is 18.2. The molecule has 1 aromatic heterocycles. The molecule has 2 N–H and O–H groups in total. The van der Waals surface area contributed by atoms with Crippen LogP contribution in [0.25, 0.3) is 0 Å². The molecule has 1 aromatic carbocycles. The molecule has 0 atom stereocenters. The number of thioether (sulfide) groups is 1. The summed E-state index contributed by atoms with van der Waals surface area (Å²) in [6.07, 6.45) is 2.02. The Kier molecular flexibility index (Phi) is 6.81. The molecule has 0 unspecified atom stereocenters. The minimum Gasteiger partial charge on any atom is -0.352 e. The summed E-state index contributed by atoms with van der Waals surface area (Å²) < 4.78 is 4.94. The Morgan fingerprint density at radius 1 is 1.28 bits per heavy atom. The Hall–Kier alpha value is -2.55. The number of hydrogen-bond donors (Lipinski definition) is 2. The number of carbonyl (C=O) groups excluding carboxylic acids is 2. The van der Waals surface area contributed by atoms with Gasteiger partial charge in [0.15, 0.2) is 0 Å². The maximum absolute atomic E-state index is 12.3. The van der Waals surface area contributed by atoms with Gasteiger partial charge in [-0.25, -0.2) is 4.79 Å². The lowest BCUT2D eigenvalue weighted by Crippen LogP contribution is -2.39. The summed E-state index contributed by atoms with van der Waals surface area (Å²) in [6.45, 7) is 3.03. The van der Waals surface area contributed by atoms with Gasteiger partial charge < -0.3 is 20.1 Å². The van der Waals surface area contributed by atoms with Crippen LogP contribution in [0.2, 0.25) is 0 Å². The van der Waals surface area contributed by atoms with E-state index in [0.717, 1.165) is 5.56 Å². The van der Waals surface area contributed by atoms with Crippen molar-refractivity contribution in [2.75, 3.05) is 19.8 Å². The van der Waals surface area contributed by atoms with Crippen LogP contribution in [0.3, 0.4) is 0 Å². The van der Waals surface area contributed by atoms with Crippen LogP contribution >= 0.6 is 11.8 Å². The van der Waals surface area contributed by atoms with Gasteiger partial charge in [0.05, 0.1) is 6.54 Å². The fraction of sp³-hybridized carbons (Fsp3) is 0.375. The van der Waals surface area contributed by atoms with Crippen molar-refractivity contribution in [1.29, 1.82) is 0 Å². The van der Waals surface area contributed by atoms with E-state index in [1.165, 1.54) is 11.9 Å². The second-order valence-corrected chi connectivity index (χ2v) is 5.99. The highest BCUT2D eigenvalue weighted by molar-refractivity contribution is 7.98. The molecule has 134 valence electrons. The van der Waals surface area contributed by atoms with Gasteiger partial charge in [-0.05, 0) is 30.9 Å². The van der Waals surface area contributed by atoms with Gasteiger partial charge in [-0.1, -0.05) is 17.3 Å². The molecule has 0 spiro atoms. The molecule has 9 heteroatoms. The predicted octanol–water partition coefficient (Wildman–Crippen LogP) is 1.88. The maximum atomic E-state index is 12.3. The number of carbonyl (C=O) groups is 2. The summed E-state index contributed by atoms with van der Waals surface area (Å²) in [5, 5.41) is 8.67. The second-order valence-electron chi connectivity index (χ2n) is 5.11. The molecule has 3 amide bonds. The van der Waals surface area contributed by atoms with Gasteiger partial charge in [0, 0.05) is 25.0 Å². The first kappa shape index (κ1) is 18.8. The molecule has 2 rings (SSSR count). The average molecular weight is 363 g/mol. The fourth-order valence-electron chi connectivity index (χ4n) is 2.07. The predicted molar refractivity (Wildman–Crippen MR) is 94.2 cm³/mol. The molecular weight excluding hydrogens is 342 g/mol. The van der Waals surface area contributed by atoms with Crippen molar-refractivity contribution < 1.29 is 14.1 Å². The summed E-state index contributed by atoms with van der Waals surface area (Å²) in [4.78, 5) is 30.5. The zero-order valence-electron chi connectivity index (χ0n) is 14.4.